The minimum atomic E-state index is -0.000677. The zero-order chi connectivity index (χ0) is 13.2. The summed E-state index contributed by atoms with van der Waals surface area (Å²) in [6.07, 6.45) is 2.35. The van der Waals surface area contributed by atoms with Gasteiger partial charge in [0.15, 0.2) is 5.78 Å². The van der Waals surface area contributed by atoms with E-state index in [-0.39, 0.29) is 17.6 Å². The van der Waals surface area contributed by atoms with Crippen LogP contribution in [0.2, 0.25) is 0 Å². The quantitative estimate of drug-likeness (QED) is 0.780. The third-order valence-corrected chi connectivity index (χ3v) is 3.84. The monoisotopic (exact) mass is 259 g/mol. The highest BCUT2D eigenvalue weighted by Gasteiger charge is 2.25. The van der Waals surface area contributed by atoms with Crippen molar-refractivity contribution < 1.29 is 14.3 Å². The van der Waals surface area contributed by atoms with Gasteiger partial charge in [0.25, 0.3) is 0 Å². The number of Topliss-reactive ketones (excluding diaryl/α,β-unsaturated/α-hetero) is 1. The van der Waals surface area contributed by atoms with Crippen LogP contribution < -0.4 is 4.90 Å². The van der Waals surface area contributed by atoms with E-state index in [1.54, 1.807) is 4.90 Å². The molecule has 1 unspecified atom stereocenters. The van der Waals surface area contributed by atoms with Gasteiger partial charge < -0.3 is 9.64 Å². The minimum absolute atomic E-state index is 0.000677. The molecule has 0 saturated carbocycles. The lowest BCUT2D eigenvalue weighted by Gasteiger charge is -2.16. The summed E-state index contributed by atoms with van der Waals surface area (Å²) in [5, 5.41) is 0. The zero-order valence-electron chi connectivity index (χ0n) is 10.8. The fourth-order valence-electron chi connectivity index (χ4n) is 2.70. The number of carbonyl (C=O) groups excluding carboxylic acids is 2. The van der Waals surface area contributed by atoms with Crippen molar-refractivity contribution in [3.8, 4) is 0 Å². The van der Waals surface area contributed by atoms with Gasteiger partial charge in [-0.05, 0) is 37.1 Å². The van der Waals surface area contributed by atoms with E-state index >= 15 is 0 Å². The number of benzene rings is 1. The lowest BCUT2D eigenvalue weighted by molar-refractivity contribution is -0.117. The summed E-state index contributed by atoms with van der Waals surface area (Å²) in [6, 6.07) is 7.38. The molecule has 4 nitrogen and oxygen atoms in total. The number of rotatable bonds is 3. The number of nitrogens with zero attached hydrogens (tertiary/aromatic N) is 1. The Labute approximate surface area is 112 Å². The Balaban J connectivity index is 1.75. The van der Waals surface area contributed by atoms with Crippen LogP contribution in [0.1, 0.15) is 29.6 Å². The molecule has 19 heavy (non-hydrogen) atoms. The second kappa shape index (κ2) is 5.13. The molecule has 0 radical (unpaired) electrons. The lowest BCUT2D eigenvalue weighted by atomic mass is 9.97. The van der Waals surface area contributed by atoms with E-state index in [2.05, 4.69) is 0 Å². The van der Waals surface area contributed by atoms with Crippen molar-refractivity contribution in [2.45, 2.75) is 19.3 Å². The fraction of sp³-hybridized carbons (Fsp3) is 0.467. The number of hydrogen-bond acceptors (Lipinski definition) is 3. The Kier molecular flexibility index (Phi) is 3.34. The minimum Gasteiger partial charge on any atom is -0.381 e. The van der Waals surface area contributed by atoms with Crippen LogP contribution >= 0.6 is 0 Å². The predicted octanol–water partition coefficient (Wildman–Crippen LogP) is 2.03. The van der Waals surface area contributed by atoms with Gasteiger partial charge in [0.2, 0.25) is 5.91 Å². The number of anilines is 1. The Morgan fingerprint density at radius 1 is 1.26 bits per heavy atom. The average molecular weight is 259 g/mol. The van der Waals surface area contributed by atoms with Crippen molar-refractivity contribution in [3.63, 3.8) is 0 Å². The highest BCUT2D eigenvalue weighted by molar-refractivity contribution is 5.99. The van der Waals surface area contributed by atoms with Gasteiger partial charge >= 0.3 is 0 Å². The van der Waals surface area contributed by atoms with Crippen molar-refractivity contribution in [1.82, 2.24) is 0 Å². The molecule has 2 fully saturated rings. The largest absolute Gasteiger partial charge is 0.381 e. The Morgan fingerprint density at radius 3 is 2.63 bits per heavy atom. The molecule has 2 heterocycles. The van der Waals surface area contributed by atoms with E-state index in [1.165, 1.54) is 0 Å². The zero-order valence-corrected chi connectivity index (χ0v) is 10.8. The molecule has 1 aromatic rings. The Bertz CT molecular complexity index is 489. The van der Waals surface area contributed by atoms with Gasteiger partial charge in [-0.1, -0.05) is 0 Å². The van der Waals surface area contributed by atoms with Crippen LogP contribution in [-0.2, 0) is 9.53 Å². The lowest BCUT2D eigenvalue weighted by Crippen LogP contribution is -2.23. The normalized spacial score (nSPS) is 23.1. The van der Waals surface area contributed by atoms with Gasteiger partial charge in [0.05, 0.1) is 6.61 Å². The van der Waals surface area contributed by atoms with Crippen molar-refractivity contribution in [2.75, 3.05) is 24.7 Å². The third-order valence-electron chi connectivity index (χ3n) is 3.84. The van der Waals surface area contributed by atoms with Crippen molar-refractivity contribution >= 4 is 17.4 Å². The number of carbonyl (C=O) groups is 2. The first kappa shape index (κ1) is 12.4. The molecule has 100 valence electrons. The highest BCUT2D eigenvalue weighted by atomic mass is 16.5. The van der Waals surface area contributed by atoms with E-state index in [0.29, 0.717) is 25.2 Å². The van der Waals surface area contributed by atoms with Gasteiger partial charge in [-0.3, -0.25) is 9.59 Å². The summed E-state index contributed by atoms with van der Waals surface area (Å²) in [7, 11) is 0. The number of ketones is 1. The number of hydrogen-bond donors (Lipinski definition) is 0. The molecule has 0 aliphatic carbocycles. The van der Waals surface area contributed by atoms with E-state index in [4.69, 9.17) is 4.74 Å². The standard InChI is InChI=1S/C15H17NO3/c17-14-2-1-8-16(14)13-5-3-11(4-6-13)15(18)12-7-9-19-10-12/h3-6,12H,1-2,7-10H2. The molecule has 0 N–H and O–H groups in total. The molecule has 2 aliphatic heterocycles. The second-order valence-electron chi connectivity index (χ2n) is 5.12. The van der Waals surface area contributed by atoms with Crippen LogP contribution in [0, 0.1) is 5.92 Å². The maximum absolute atomic E-state index is 12.2. The summed E-state index contributed by atoms with van der Waals surface area (Å²) in [6.45, 7) is 1.99. The summed E-state index contributed by atoms with van der Waals surface area (Å²) in [5.41, 5.74) is 1.60. The average Bonchev–Trinajstić information content (AvgIpc) is 3.09. The first-order valence-corrected chi connectivity index (χ1v) is 6.78. The van der Waals surface area contributed by atoms with Crippen molar-refractivity contribution in [3.05, 3.63) is 29.8 Å². The Morgan fingerprint density at radius 2 is 2.05 bits per heavy atom. The second-order valence-corrected chi connectivity index (χ2v) is 5.12. The van der Waals surface area contributed by atoms with Gasteiger partial charge in [-0.25, -0.2) is 0 Å². The van der Waals surface area contributed by atoms with Gasteiger partial charge in [0, 0.05) is 36.7 Å². The van der Waals surface area contributed by atoms with E-state index in [9.17, 15) is 9.59 Å². The number of ether oxygens (including phenoxy) is 1. The summed E-state index contributed by atoms with van der Waals surface area (Å²) in [5.74, 6) is 0.319. The number of amides is 1. The van der Waals surface area contributed by atoms with Crippen LogP contribution in [0.5, 0.6) is 0 Å². The maximum atomic E-state index is 12.2. The van der Waals surface area contributed by atoms with Crippen LogP contribution in [0.3, 0.4) is 0 Å². The van der Waals surface area contributed by atoms with Crippen LogP contribution in [0.25, 0.3) is 0 Å². The predicted molar refractivity (Wildman–Crippen MR) is 71.3 cm³/mol. The van der Waals surface area contributed by atoms with Gasteiger partial charge in [-0.15, -0.1) is 0 Å². The van der Waals surface area contributed by atoms with Crippen LogP contribution in [0.4, 0.5) is 5.69 Å². The molecule has 2 saturated heterocycles. The van der Waals surface area contributed by atoms with E-state index in [1.807, 2.05) is 24.3 Å². The van der Waals surface area contributed by atoms with Gasteiger partial charge in [0.1, 0.15) is 0 Å². The molecule has 4 heteroatoms. The molecule has 0 aromatic heterocycles. The smallest absolute Gasteiger partial charge is 0.227 e. The van der Waals surface area contributed by atoms with E-state index in [0.717, 1.165) is 25.1 Å². The fourth-order valence-corrected chi connectivity index (χ4v) is 2.70. The summed E-state index contributed by atoms with van der Waals surface area (Å²) in [4.78, 5) is 25.6. The van der Waals surface area contributed by atoms with Crippen LogP contribution in [0.15, 0.2) is 24.3 Å². The summed E-state index contributed by atoms with van der Waals surface area (Å²) >= 11 is 0. The molecule has 0 bridgehead atoms. The molecule has 2 aliphatic rings. The Hall–Kier alpha value is -1.68. The first-order valence-electron chi connectivity index (χ1n) is 6.78. The van der Waals surface area contributed by atoms with Crippen molar-refractivity contribution in [2.24, 2.45) is 5.92 Å². The van der Waals surface area contributed by atoms with Gasteiger partial charge in [-0.2, -0.15) is 0 Å². The molecular formula is C15H17NO3. The third kappa shape index (κ3) is 2.40. The van der Waals surface area contributed by atoms with E-state index < -0.39 is 0 Å². The topological polar surface area (TPSA) is 46.6 Å². The molecular weight excluding hydrogens is 242 g/mol. The molecule has 3 rings (SSSR count). The first-order chi connectivity index (χ1) is 9.25. The summed E-state index contributed by atoms with van der Waals surface area (Å²) < 4.78 is 5.25. The van der Waals surface area contributed by atoms with Crippen molar-refractivity contribution in [1.29, 1.82) is 0 Å². The highest BCUT2D eigenvalue weighted by Crippen LogP contribution is 2.24. The maximum Gasteiger partial charge on any atom is 0.227 e. The molecule has 1 atom stereocenters. The molecule has 0 spiro atoms. The molecule has 1 amide bonds. The molecule has 1 aromatic carbocycles. The van der Waals surface area contributed by atoms with Crippen LogP contribution in [-0.4, -0.2) is 31.4 Å². The SMILES string of the molecule is O=C(c1ccc(N2CCCC2=O)cc1)C1CCOC1.